The van der Waals surface area contributed by atoms with Gasteiger partial charge in [0.1, 0.15) is 18.1 Å². The molecule has 1 N–H and O–H groups in total. The van der Waals surface area contributed by atoms with E-state index in [1.54, 1.807) is 26.3 Å². The van der Waals surface area contributed by atoms with Crippen molar-refractivity contribution in [3.63, 3.8) is 0 Å². The van der Waals surface area contributed by atoms with E-state index in [1.807, 2.05) is 38.1 Å². The number of halogens is 2. The number of ether oxygens (including phenoxy) is 3. The van der Waals surface area contributed by atoms with Crippen molar-refractivity contribution < 1.29 is 19.0 Å². The third-order valence-electron chi connectivity index (χ3n) is 7.36. The molecule has 0 spiro atoms. The molecule has 42 heavy (non-hydrogen) atoms. The predicted octanol–water partition coefficient (Wildman–Crippen LogP) is 4.85. The van der Waals surface area contributed by atoms with Crippen LogP contribution in [0.15, 0.2) is 59.6 Å². The van der Waals surface area contributed by atoms with E-state index >= 15 is 0 Å². The van der Waals surface area contributed by atoms with Gasteiger partial charge in [-0.2, -0.15) is 4.80 Å². The van der Waals surface area contributed by atoms with Crippen molar-refractivity contribution in [3.8, 4) is 5.75 Å². The maximum atomic E-state index is 13.0. The van der Waals surface area contributed by atoms with E-state index in [2.05, 4.69) is 36.6 Å². The number of benzene rings is 2. The molecule has 3 heterocycles. The van der Waals surface area contributed by atoms with Gasteiger partial charge in [-0.05, 0) is 42.8 Å². The highest BCUT2D eigenvalue weighted by atomic mass is 35.5. The Morgan fingerprint density at radius 2 is 1.81 bits per heavy atom. The lowest BCUT2D eigenvalue weighted by Crippen LogP contribution is -2.47. The van der Waals surface area contributed by atoms with E-state index in [0.29, 0.717) is 45.0 Å². The van der Waals surface area contributed by atoms with Crippen LogP contribution in [0.3, 0.4) is 0 Å². The van der Waals surface area contributed by atoms with Gasteiger partial charge in [0.2, 0.25) is 5.82 Å². The maximum absolute atomic E-state index is 13.0. The first-order valence-electron chi connectivity index (χ1n) is 13.6. The van der Waals surface area contributed by atoms with E-state index in [9.17, 15) is 4.79 Å². The number of hydrogen-bond donors (Lipinski definition) is 1. The first-order chi connectivity index (χ1) is 20.3. The number of carbonyl (C=O) groups is 1. The van der Waals surface area contributed by atoms with Crippen LogP contribution >= 0.6 is 23.2 Å². The van der Waals surface area contributed by atoms with E-state index in [4.69, 9.17) is 37.4 Å². The SMILES string of the molecule is COc1ccccc1N1CCN(CCOC(=O)OC2=C(C)NC(C)=C(c3nnn(C)n3)C2c2cccc(Cl)c2Cl)CC1. The van der Waals surface area contributed by atoms with Crippen LogP contribution in [0.5, 0.6) is 5.75 Å². The first kappa shape index (κ1) is 29.7. The van der Waals surface area contributed by atoms with E-state index < -0.39 is 12.1 Å². The molecule has 0 bridgehead atoms. The summed E-state index contributed by atoms with van der Waals surface area (Å²) in [6.45, 7) is 7.83. The molecule has 5 rings (SSSR count). The van der Waals surface area contributed by atoms with Gasteiger partial charge < -0.3 is 24.4 Å². The largest absolute Gasteiger partial charge is 0.513 e. The molecule has 0 aliphatic carbocycles. The maximum Gasteiger partial charge on any atom is 0.513 e. The second kappa shape index (κ2) is 13.0. The van der Waals surface area contributed by atoms with Gasteiger partial charge in [-0.1, -0.05) is 47.5 Å². The van der Waals surface area contributed by atoms with Gasteiger partial charge >= 0.3 is 6.16 Å². The molecule has 2 aliphatic heterocycles. The topological polar surface area (TPSA) is 107 Å². The number of aryl methyl sites for hydroxylation is 1. The normalized spacial score (nSPS) is 17.8. The molecule has 1 fully saturated rings. The zero-order valence-corrected chi connectivity index (χ0v) is 25.4. The van der Waals surface area contributed by atoms with Crippen molar-refractivity contribution in [2.45, 2.75) is 19.8 Å². The van der Waals surface area contributed by atoms with Crippen molar-refractivity contribution in [2.75, 3.05) is 51.3 Å². The van der Waals surface area contributed by atoms with E-state index in [0.717, 1.165) is 43.3 Å². The molecule has 2 aliphatic rings. The molecule has 1 aromatic heterocycles. The highest BCUT2D eigenvalue weighted by Crippen LogP contribution is 2.46. The third kappa shape index (κ3) is 6.33. The van der Waals surface area contributed by atoms with Crippen molar-refractivity contribution in [3.05, 3.63) is 81.1 Å². The number of nitrogens with zero attached hydrogens (tertiary/aromatic N) is 6. The van der Waals surface area contributed by atoms with Crippen molar-refractivity contribution in [2.24, 2.45) is 7.05 Å². The Hall–Kier alpha value is -3.80. The number of aromatic nitrogens is 4. The molecule has 0 amide bonds. The quantitative estimate of drug-likeness (QED) is 0.354. The average Bonchev–Trinajstić information content (AvgIpc) is 3.41. The number of methoxy groups -OCH3 is 1. The molecule has 1 saturated heterocycles. The number of hydrogen-bond acceptors (Lipinski definition) is 10. The van der Waals surface area contributed by atoms with Gasteiger partial charge in [0.15, 0.2) is 0 Å². The minimum Gasteiger partial charge on any atom is -0.495 e. The Bertz CT molecular complexity index is 1520. The number of allylic oxidation sites excluding steroid dienone is 3. The monoisotopic (exact) mass is 613 g/mol. The molecule has 0 saturated carbocycles. The number of nitrogens with one attached hydrogen (secondary N) is 1. The molecule has 1 atom stereocenters. The predicted molar refractivity (Wildman–Crippen MR) is 161 cm³/mol. The van der Waals surface area contributed by atoms with Crippen LogP contribution in [-0.4, -0.2) is 77.7 Å². The second-order valence-electron chi connectivity index (χ2n) is 10.0. The standard InChI is InChI=1S/C29H33Cl2N7O4/c1-18-24(28-33-35-36(3)34-28)25(20-8-7-9-21(30)26(20)31)27(19(2)32-18)42-29(39)41-17-16-37-12-14-38(15-13-37)22-10-5-6-11-23(22)40-4/h5-11,25,32H,12-17H2,1-4H3. The van der Waals surface area contributed by atoms with Crippen LogP contribution < -0.4 is 15.0 Å². The average molecular weight is 615 g/mol. The summed E-state index contributed by atoms with van der Waals surface area (Å²) < 4.78 is 16.9. The van der Waals surface area contributed by atoms with Gasteiger partial charge in [-0.25, -0.2) is 4.79 Å². The molecular weight excluding hydrogens is 581 g/mol. The molecule has 0 radical (unpaired) electrons. The fourth-order valence-corrected chi connectivity index (χ4v) is 5.74. The molecule has 13 heteroatoms. The molecular formula is C29H33Cl2N7O4. The summed E-state index contributed by atoms with van der Waals surface area (Å²) >= 11 is 13.1. The van der Waals surface area contributed by atoms with Gasteiger partial charge in [-0.3, -0.25) is 4.90 Å². The number of piperazine rings is 1. The molecule has 222 valence electrons. The Balaban J connectivity index is 1.25. The van der Waals surface area contributed by atoms with Crippen molar-refractivity contribution in [1.82, 2.24) is 30.4 Å². The molecule has 1 unspecified atom stereocenters. The third-order valence-corrected chi connectivity index (χ3v) is 8.19. The Morgan fingerprint density at radius 3 is 2.52 bits per heavy atom. The number of tetrazole rings is 1. The number of dihydropyridines is 1. The highest BCUT2D eigenvalue weighted by Gasteiger charge is 2.37. The summed E-state index contributed by atoms with van der Waals surface area (Å²) in [5.41, 5.74) is 3.79. The Labute approximate surface area is 254 Å². The van der Waals surface area contributed by atoms with Crippen molar-refractivity contribution in [1.29, 1.82) is 0 Å². The van der Waals surface area contributed by atoms with Crippen LogP contribution in [0, 0.1) is 0 Å². The fraction of sp³-hybridized carbons (Fsp3) is 0.379. The summed E-state index contributed by atoms with van der Waals surface area (Å²) in [5.74, 6) is 0.928. The van der Waals surface area contributed by atoms with Crippen LogP contribution in [0.4, 0.5) is 10.5 Å². The number of anilines is 1. The zero-order chi connectivity index (χ0) is 29.8. The van der Waals surface area contributed by atoms with Gasteiger partial charge in [-0.15, -0.1) is 10.2 Å². The zero-order valence-electron chi connectivity index (χ0n) is 23.9. The van der Waals surface area contributed by atoms with Gasteiger partial charge in [0.25, 0.3) is 0 Å². The van der Waals surface area contributed by atoms with Gasteiger partial charge in [0, 0.05) is 44.0 Å². The lowest BCUT2D eigenvalue weighted by molar-refractivity contribution is 0.0637. The summed E-state index contributed by atoms with van der Waals surface area (Å²) in [5, 5.41) is 16.6. The summed E-state index contributed by atoms with van der Waals surface area (Å²) in [4.78, 5) is 18.9. The molecule has 11 nitrogen and oxygen atoms in total. The first-order valence-corrected chi connectivity index (χ1v) is 14.3. The smallest absolute Gasteiger partial charge is 0.495 e. The molecule has 2 aromatic carbocycles. The Kier molecular flexibility index (Phi) is 9.20. The number of carbonyl (C=O) groups excluding carboxylic acids is 1. The summed E-state index contributed by atoms with van der Waals surface area (Å²) in [6, 6.07) is 13.3. The van der Waals surface area contributed by atoms with Crippen LogP contribution in [0.2, 0.25) is 10.0 Å². The number of para-hydroxylation sites is 2. The minimum atomic E-state index is -0.812. The second-order valence-corrected chi connectivity index (χ2v) is 10.8. The Morgan fingerprint density at radius 1 is 1.05 bits per heavy atom. The lowest BCUT2D eigenvalue weighted by atomic mass is 9.84. The van der Waals surface area contributed by atoms with E-state index in [-0.39, 0.29) is 6.61 Å². The summed E-state index contributed by atoms with van der Waals surface area (Å²) in [6.07, 6.45) is -0.812. The van der Waals surface area contributed by atoms with Crippen molar-refractivity contribution >= 4 is 40.6 Å². The lowest BCUT2D eigenvalue weighted by Gasteiger charge is -2.36. The van der Waals surface area contributed by atoms with Gasteiger partial charge in [0.05, 0.1) is 41.5 Å². The highest BCUT2D eigenvalue weighted by molar-refractivity contribution is 6.42. The minimum absolute atomic E-state index is 0.184. The van der Waals surface area contributed by atoms with E-state index in [1.165, 1.54) is 4.80 Å². The summed E-state index contributed by atoms with van der Waals surface area (Å²) in [7, 11) is 3.36. The van der Waals surface area contributed by atoms with Crippen LogP contribution in [-0.2, 0) is 16.5 Å². The fourth-order valence-electron chi connectivity index (χ4n) is 5.32. The molecule has 3 aromatic rings. The van der Waals surface area contributed by atoms with Crippen LogP contribution in [0.1, 0.15) is 31.2 Å². The number of rotatable bonds is 8. The van der Waals surface area contributed by atoms with Crippen LogP contribution in [0.25, 0.3) is 5.57 Å².